The molecule has 19 heavy (non-hydrogen) atoms. The van der Waals surface area contributed by atoms with Gasteiger partial charge in [-0.15, -0.1) is 0 Å². The van der Waals surface area contributed by atoms with E-state index in [2.05, 4.69) is 15.9 Å². The van der Waals surface area contributed by atoms with Crippen molar-refractivity contribution in [2.75, 3.05) is 0 Å². The molecule has 0 saturated carbocycles. The van der Waals surface area contributed by atoms with Crippen molar-refractivity contribution < 1.29 is 9.90 Å². The number of aromatic carboxylic acids is 1. The summed E-state index contributed by atoms with van der Waals surface area (Å²) in [4.78, 5) is 23.5. The Bertz CT molecular complexity index is 763. The second kappa shape index (κ2) is 4.20. The van der Waals surface area contributed by atoms with Gasteiger partial charge in [0, 0.05) is 22.1 Å². The molecular formula is C14H12BrNO3. The molecule has 0 bridgehead atoms. The highest BCUT2D eigenvalue weighted by atomic mass is 79.9. The van der Waals surface area contributed by atoms with E-state index in [9.17, 15) is 9.59 Å². The van der Waals surface area contributed by atoms with Gasteiger partial charge in [-0.05, 0) is 37.5 Å². The Balaban J connectivity index is 2.53. The number of carboxylic acids is 1. The van der Waals surface area contributed by atoms with Crippen LogP contribution in [-0.4, -0.2) is 15.6 Å². The second-order valence-corrected chi connectivity index (χ2v) is 5.85. The Morgan fingerprint density at radius 3 is 2.89 bits per heavy atom. The molecule has 0 spiro atoms. The number of aromatic nitrogens is 1. The molecule has 0 saturated heterocycles. The smallest absolute Gasteiger partial charge is 0.341 e. The third-order valence-electron chi connectivity index (χ3n) is 3.71. The molecule has 1 aliphatic heterocycles. The van der Waals surface area contributed by atoms with Gasteiger partial charge in [0.25, 0.3) is 0 Å². The van der Waals surface area contributed by atoms with Crippen LogP contribution in [0.2, 0.25) is 0 Å². The van der Waals surface area contributed by atoms with E-state index in [1.54, 1.807) is 6.07 Å². The van der Waals surface area contributed by atoms with E-state index in [1.165, 1.54) is 6.20 Å². The van der Waals surface area contributed by atoms with Crippen molar-refractivity contribution in [3.63, 3.8) is 0 Å². The van der Waals surface area contributed by atoms with Gasteiger partial charge in [-0.1, -0.05) is 15.9 Å². The van der Waals surface area contributed by atoms with E-state index < -0.39 is 11.4 Å². The van der Waals surface area contributed by atoms with Crippen molar-refractivity contribution in [2.45, 2.75) is 25.8 Å². The van der Waals surface area contributed by atoms with Gasteiger partial charge in [0.2, 0.25) is 5.43 Å². The molecule has 1 aromatic heterocycles. The molecule has 1 atom stereocenters. The number of carboxylic acid groups (broad SMARTS) is 1. The van der Waals surface area contributed by atoms with Crippen LogP contribution < -0.4 is 5.43 Å². The predicted octanol–water partition coefficient (Wildman–Crippen LogP) is 2.97. The van der Waals surface area contributed by atoms with E-state index >= 15 is 0 Å². The summed E-state index contributed by atoms with van der Waals surface area (Å²) in [6.07, 6.45) is 3.33. The molecule has 4 nitrogen and oxygen atoms in total. The monoisotopic (exact) mass is 321 g/mol. The highest BCUT2D eigenvalue weighted by molar-refractivity contribution is 9.10. The van der Waals surface area contributed by atoms with Gasteiger partial charge in [-0.3, -0.25) is 4.79 Å². The van der Waals surface area contributed by atoms with E-state index in [4.69, 9.17) is 5.11 Å². The van der Waals surface area contributed by atoms with E-state index in [1.807, 2.05) is 17.6 Å². The van der Waals surface area contributed by atoms with Crippen molar-refractivity contribution >= 4 is 32.8 Å². The van der Waals surface area contributed by atoms with Crippen LogP contribution in [0.3, 0.4) is 0 Å². The normalized spacial score (nSPS) is 17.7. The van der Waals surface area contributed by atoms with E-state index in [0.717, 1.165) is 28.4 Å². The minimum Gasteiger partial charge on any atom is -0.477 e. The minimum atomic E-state index is -1.17. The molecule has 1 unspecified atom stereocenters. The van der Waals surface area contributed by atoms with Gasteiger partial charge < -0.3 is 9.67 Å². The number of nitrogens with zero attached hydrogens (tertiary/aromatic N) is 1. The lowest BCUT2D eigenvalue weighted by atomic mass is 9.96. The van der Waals surface area contributed by atoms with Crippen LogP contribution >= 0.6 is 15.9 Å². The minimum absolute atomic E-state index is 0.162. The Kier molecular flexibility index (Phi) is 2.74. The van der Waals surface area contributed by atoms with Crippen molar-refractivity contribution in [1.29, 1.82) is 0 Å². The number of aryl methyl sites for hydroxylation is 1. The van der Waals surface area contributed by atoms with Crippen LogP contribution in [0.4, 0.5) is 0 Å². The topological polar surface area (TPSA) is 59.3 Å². The highest BCUT2D eigenvalue weighted by Gasteiger charge is 2.22. The number of halogens is 1. The fourth-order valence-corrected chi connectivity index (χ4v) is 3.24. The largest absolute Gasteiger partial charge is 0.477 e. The molecular weight excluding hydrogens is 310 g/mol. The van der Waals surface area contributed by atoms with Gasteiger partial charge in [0.15, 0.2) is 0 Å². The number of rotatable bonds is 1. The Morgan fingerprint density at radius 1 is 1.47 bits per heavy atom. The van der Waals surface area contributed by atoms with Crippen molar-refractivity contribution in [3.8, 4) is 0 Å². The van der Waals surface area contributed by atoms with Crippen LogP contribution in [0.5, 0.6) is 0 Å². The fraction of sp³-hybridized carbons (Fsp3) is 0.286. The zero-order chi connectivity index (χ0) is 13.7. The third kappa shape index (κ3) is 1.80. The average molecular weight is 322 g/mol. The maximum atomic E-state index is 12.3. The first-order valence-electron chi connectivity index (χ1n) is 6.09. The summed E-state index contributed by atoms with van der Waals surface area (Å²) >= 11 is 3.39. The summed E-state index contributed by atoms with van der Waals surface area (Å²) in [5, 5.41) is 9.65. The van der Waals surface area contributed by atoms with Gasteiger partial charge in [-0.25, -0.2) is 4.79 Å². The molecule has 98 valence electrons. The van der Waals surface area contributed by atoms with Crippen LogP contribution in [-0.2, 0) is 6.42 Å². The molecule has 2 aromatic rings. The summed E-state index contributed by atoms with van der Waals surface area (Å²) in [7, 11) is 0. The first-order chi connectivity index (χ1) is 8.99. The maximum absolute atomic E-state index is 12.3. The van der Waals surface area contributed by atoms with Crippen molar-refractivity contribution in [3.05, 3.63) is 44.2 Å². The molecule has 1 aliphatic rings. The number of hydrogen-bond acceptors (Lipinski definition) is 2. The molecule has 5 heteroatoms. The summed E-state index contributed by atoms with van der Waals surface area (Å²) < 4.78 is 2.74. The zero-order valence-corrected chi connectivity index (χ0v) is 11.9. The summed E-state index contributed by atoms with van der Waals surface area (Å²) in [5.41, 5.74) is 1.40. The first-order valence-corrected chi connectivity index (χ1v) is 6.89. The number of benzene rings is 1. The van der Waals surface area contributed by atoms with Gasteiger partial charge in [0.05, 0.1) is 5.52 Å². The molecule has 0 amide bonds. The summed E-state index contributed by atoms with van der Waals surface area (Å²) in [6.45, 7) is 2.04. The number of carbonyl (C=O) groups is 1. The Morgan fingerprint density at radius 2 is 2.21 bits per heavy atom. The van der Waals surface area contributed by atoms with Crippen LogP contribution in [0.15, 0.2) is 27.6 Å². The average Bonchev–Trinajstić information content (AvgIpc) is 2.35. The lowest BCUT2D eigenvalue weighted by molar-refractivity contribution is 0.0694. The van der Waals surface area contributed by atoms with Crippen molar-refractivity contribution in [1.82, 2.24) is 4.57 Å². The quantitative estimate of drug-likeness (QED) is 0.878. The standard InChI is InChI=1S/C14H12BrNO3/c1-7-2-3-8-4-9(15)5-10-12(8)16(7)6-11(13(10)17)14(18)19/h4-7H,2-3H2,1H3,(H,18,19). The summed E-state index contributed by atoms with van der Waals surface area (Å²) in [6, 6.07) is 3.92. The molecule has 1 aromatic carbocycles. The predicted molar refractivity (Wildman–Crippen MR) is 75.9 cm³/mol. The number of pyridine rings is 1. The van der Waals surface area contributed by atoms with Gasteiger partial charge in [0.1, 0.15) is 5.56 Å². The Hall–Kier alpha value is -1.62. The molecule has 3 rings (SSSR count). The van der Waals surface area contributed by atoms with Gasteiger partial charge in [-0.2, -0.15) is 0 Å². The van der Waals surface area contributed by atoms with E-state index in [0.29, 0.717) is 5.39 Å². The third-order valence-corrected chi connectivity index (χ3v) is 4.16. The highest BCUT2D eigenvalue weighted by Crippen LogP contribution is 2.32. The molecule has 0 aliphatic carbocycles. The molecule has 0 radical (unpaired) electrons. The van der Waals surface area contributed by atoms with Crippen LogP contribution in [0, 0.1) is 0 Å². The van der Waals surface area contributed by atoms with Gasteiger partial charge >= 0.3 is 5.97 Å². The molecule has 0 fully saturated rings. The SMILES string of the molecule is CC1CCc2cc(Br)cc3c(=O)c(C(=O)O)cn1c23. The first kappa shape index (κ1) is 12.4. The second-order valence-electron chi connectivity index (χ2n) is 4.93. The lowest BCUT2D eigenvalue weighted by Gasteiger charge is -2.26. The van der Waals surface area contributed by atoms with E-state index in [-0.39, 0.29) is 11.6 Å². The fourth-order valence-electron chi connectivity index (χ4n) is 2.74. The van der Waals surface area contributed by atoms with Crippen LogP contribution in [0.1, 0.15) is 35.3 Å². The lowest BCUT2D eigenvalue weighted by Crippen LogP contribution is -2.23. The summed E-state index contributed by atoms with van der Waals surface area (Å²) in [5.74, 6) is -1.17. The van der Waals surface area contributed by atoms with Crippen molar-refractivity contribution in [2.24, 2.45) is 0 Å². The molecule has 1 N–H and O–H groups in total. The Labute approximate surface area is 117 Å². The maximum Gasteiger partial charge on any atom is 0.341 e. The van der Waals surface area contributed by atoms with Crippen LogP contribution in [0.25, 0.3) is 10.9 Å². The zero-order valence-electron chi connectivity index (χ0n) is 10.3. The molecule has 2 heterocycles. The number of hydrogen-bond donors (Lipinski definition) is 1.